The fraction of sp³-hybridized carbons (Fsp3) is 1.00. The molecule has 0 rings (SSSR count). The Kier molecular flexibility index (Phi) is 11.6. The Hall–Kier alpha value is 1.46. The molecule has 0 aromatic rings. The van der Waals surface area contributed by atoms with Gasteiger partial charge >= 0.3 is 22.4 Å². The monoisotopic (exact) mass is 350 g/mol. The Morgan fingerprint density at radius 1 is 1.00 bits per heavy atom. The number of hydrogen-bond donors (Lipinski definition) is 0. The summed E-state index contributed by atoms with van der Waals surface area (Å²) in [6.45, 7) is 11.5. The van der Waals surface area contributed by atoms with E-state index in [2.05, 4.69) is 34.1 Å². The minimum absolute atomic E-state index is 0. The zero-order valence-electron chi connectivity index (χ0n) is 6.63. The average Bonchev–Trinajstić information content (AvgIpc) is 1.31. The van der Waals surface area contributed by atoms with Crippen LogP contribution in [-0.4, -0.2) is 18.5 Å². The minimum Gasteiger partial charge on any atom is -1.00 e. The summed E-state index contributed by atoms with van der Waals surface area (Å²) >= 11 is 0. The van der Waals surface area contributed by atoms with Gasteiger partial charge in [0.25, 0.3) is 0 Å². The van der Waals surface area contributed by atoms with Crippen LogP contribution in [0.2, 0.25) is 0 Å². The van der Waals surface area contributed by atoms with Crippen molar-refractivity contribution in [2.24, 2.45) is 0 Å². The van der Waals surface area contributed by atoms with Gasteiger partial charge in [-0.1, -0.05) is 20.8 Å². The standard InChI is InChI=1S/C6H15P.Au.ClH/c1-6(2,3)7(4)5;;/h1-5H3;;1H/q;+1;/p-1. The van der Waals surface area contributed by atoms with Gasteiger partial charge in [-0.15, -0.1) is 7.92 Å². The summed E-state index contributed by atoms with van der Waals surface area (Å²) in [7, 11) is 0.258. The van der Waals surface area contributed by atoms with E-state index < -0.39 is 0 Å². The van der Waals surface area contributed by atoms with Gasteiger partial charge < -0.3 is 12.4 Å². The van der Waals surface area contributed by atoms with Crippen molar-refractivity contribution in [2.75, 3.05) is 13.3 Å². The summed E-state index contributed by atoms with van der Waals surface area (Å²) in [6.07, 6.45) is 0. The summed E-state index contributed by atoms with van der Waals surface area (Å²) < 4.78 is 0. The second kappa shape index (κ2) is 6.19. The summed E-state index contributed by atoms with van der Waals surface area (Å²) in [6, 6.07) is 0. The van der Waals surface area contributed by atoms with E-state index in [0.29, 0.717) is 5.16 Å². The quantitative estimate of drug-likeness (QED) is 0.409. The first-order chi connectivity index (χ1) is 2.94. The molecule has 0 nitrogen and oxygen atoms in total. The molecule has 0 aromatic carbocycles. The van der Waals surface area contributed by atoms with E-state index in [1.54, 1.807) is 0 Å². The van der Waals surface area contributed by atoms with Crippen LogP contribution in [0.4, 0.5) is 0 Å². The zero-order valence-corrected chi connectivity index (χ0v) is 10.4. The van der Waals surface area contributed by atoms with E-state index in [9.17, 15) is 0 Å². The molecule has 0 aliphatic carbocycles. The van der Waals surface area contributed by atoms with Gasteiger partial charge in [-0.2, -0.15) is 0 Å². The Labute approximate surface area is 81.9 Å². The normalized spacial score (nSPS) is 10.0. The van der Waals surface area contributed by atoms with Crippen molar-refractivity contribution in [1.82, 2.24) is 0 Å². The molecule has 0 heterocycles. The van der Waals surface area contributed by atoms with Crippen LogP contribution in [0.1, 0.15) is 20.8 Å². The van der Waals surface area contributed by atoms with Gasteiger partial charge in [0, 0.05) is 0 Å². The van der Waals surface area contributed by atoms with Crippen molar-refractivity contribution >= 4 is 7.92 Å². The van der Waals surface area contributed by atoms with Crippen LogP contribution in [0.3, 0.4) is 0 Å². The molecular weight excluding hydrogens is 335 g/mol. The Bertz CT molecular complexity index is 58.6. The van der Waals surface area contributed by atoms with Gasteiger partial charge in [-0.25, -0.2) is 0 Å². The van der Waals surface area contributed by atoms with Crippen molar-refractivity contribution in [1.29, 1.82) is 0 Å². The molecule has 0 aliphatic heterocycles. The van der Waals surface area contributed by atoms with E-state index in [0.717, 1.165) is 0 Å². The Morgan fingerprint density at radius 2 is 1.11 bits per heavy atom. The van der Waals surface area contributed by atoms with Gasteiger partial charge in [0.05, 0.1) is 0 Å². The predicted octanol–water partition coefficient (Wildman–Crippen LogP) is -0.472. The number of halogens is 1. The largest absolute Gasteiger partial charge is 1.00 e. The van der Waals surface area contributed by atoms with Crippen LogP contribution in [0.5, 0.6) is 0 Å². The Morgan fingerprint density at radius 3 is 1.11 bits per heavy atom. The molecule has 3 heteroatoms. The van der Waals surface area contributed by atoms with Crippen molar-refractivity contribution in [3.63, 3.8) is 0 Å². The molecule has 0 aromatic heterocycles. The second-order valence-electron chi connectivity index (χ2n) is 3.07. The molecule has 62 valence electrons. The van der Waals surface area contributed by atoms with Gasteiger partial charge in [0.2, 0.25) is 0 Å². The van der Waals surface area contributed by atoms with Crippen molar-refractivity contribution in [3.8, 4) is 0 Å². The molecule has 0 bridgehead atoms. The summed E-state index contributed by atoms with van der Waals surface area (Å²) in [5.74, 6) is 0. The third-order valence-electron chi connectivity index (χ3n) is 1.34. The van der Waals surface area contributed by atoms with E-state index >= 15 is 0 Å². The number of hydrogen-bond acceptors (Lipinski definition) is 0. The third-order valence-corrected chi connectivity index (χ3v) is 4.02. The molecule has 0 radical (unpaired) electrons. The van der Waals surface area contributed by atoms with Crippen molar-refractivity contribution < 1.29 is 34.8 Å². The molecule has 0 N–H and O–H groups in total. The molecule has 0 saturated carbocycles. The minimum atomic E-state index is 0. The van der Waals surface area contributed by atoms with Crippen LogP contribution in [0.25, 0.3) is 0 Å². The first-order valence-electron chi connectivity index (χ1n) is 2.62. The fourth-order valence-electron chi connectivity index (χ4n) is 0. The Balaban J connectivity index is -0.000000180. The SMILES string of the molecule is CP(C)C(C)(C)C.[Au+].[Cl-]. The molecule has 0 spiro atoms. The first-order valence-corrected chi connectivity index (χ1v) is 4.85. The smallest absolute Gasteiger partial charge is 1.00 e. The molecule has 0 amide bonds. The summed E-state index contributed by atoms with van der Waals surface area (Å²) in [5.41, 5.74) is 0. The zero-order chi connectivity index (χ0) is 6.08. The van der Waals surface area contributed by atoms with E-state index in [4.69, 9.17) is 0 Å². The first kappa shape index (κ1) is 16.8. The molecular formula is C6H15AuClP. The maximum absolute atomic E-state index is 2.31. The summed E-state index contributed by atoms with van der Waals surface area (Å²) in [5, 5.41) is 0.565. The van der Waals surface area contributed by atoms with E-state index in [1.165, 1.54) is 0 Å². The van der Waals surface area contributed by atoms with Gasteiger partial charge in [-0.05, 0) is 18.5 Å². The van der Waals surface area contributed by atoms with Crippen molar-refractivity contribution in [3.05, 3.63) is 0 Å². The van der Waals surface area contributed by atoms with Crippen LogP contribution in [-0.2, 0) is 22.4 Å². The molecule has 9 heavy (non-hydrogen) atoms. The van der Waals surface area contributed by atoms with Gasteiger partial charge in [0.15, 0.2) is 0 Å². The maximum Gasteiger partial charge on any atom is 1.00 e. The number of rotatable bonds is 0. The van der Waals surface area contributed by atoms with Crippen LogP contribution in [0.15, 0.2) is 0 Å². The summed E-state index contributed by atoms with van der Waals surface area (Å²) in [4.78, 5) is 0. The predicted molar refractivity (Wildman–Crippen MR) is 38.5 cm³/mol. The molecule has 0 aliphatic rings. The maximum atomic E-state index is 2.31. The van der Waals surface area contributed by atoms with E-state index in [-0.39, 0.29) is 42.7 Å². The molecule has 0 fully saturated rings. The van der Waals surface area contributed by atoms with Gasteiger partial charge in [0.1, 0.15) is 0 Å². The van der Waals surface area contributed by atoms with Crippen LogP contribution >= 0.6 is 7.92 Å². The average molecular weight is 351 g/mol. The van der Waals surface area contributed by atoms with E-state index in [1.807, 2.05) is 0 Å². The van der Waals surface area contributed by atoms with Crippen molar-refractivity contribution in [2.45, 2.75) is 25.9 Å². The molecule has 0 atom stereocenters. The van der Waals surface area contributed by atoms with Gasteiger partial charge in [-0.3, -0.25) is 0 Å². The topological polar surface area (TPSA) is 0 Å². The molecule has 0 unspecified atom stereocenters. The fourth-order valence-corrected chi connectivity index (χ4v) is 0. The van der Waals surface area contributed by atoms with Crippen LogP contribution in [0, 0.1) is 0 Å². The molecule has 0 saturated heterocycles. The van der Waals surface area contributed by atoms with Crippen LogP contribution < -0.4 is 12.4 Å². The third kappa shape index (κ3) is 9.46. The second-order valence-corrected chi connectivity index (χ2v) is 6.20.